The van der Waals surface area contributed by atoms with E-state index in [1.54, 1.807) is 32.2 Å². The summed E-state index contributed by atoms with van der Waals surface area (Å²) in [5.74, 6) is 0.584. The highest BCUT2D eigenvalue weighted by Gasteiger charge is 2.24. The number of hydrogen-bond donors (Lipinski definition) is 0. The summed E-state index contributed by atoms with van der Waals surface area (Å²) in [6.45, 7) is 2.03. The fraction of sp³-hybridized carbons (Fsp3) is 0.208. The second-order valence-corrected chi connectivity index (χ2v) is 7.18. The number of benzene rings is 2. The maximum Gasteiger partial charge on any atom is 0.337 e. The van der Waals surface area contributed by atoms with Crippen molar-refractivity contribution in [2.24, 2.45) is 0 Å². The summed E-state index contributed by atoms with van der Waals surface area (Å²) in [5, 5.41) is 4.33. The molecule has 2 aromatic carbocycles. The van der Waals surface area contributed by atoms with Gasteiger partial charge in [-0.2, -0.15) is 5.10 Å². The smallest absolute Gasteiger partial charge is 0.337 e. The van der Waals surface area contributed by atoms with Crippen LogP contribution in [0.1, 0.15) is 33.5 Å². The largest absolute Gasteiger partial charge is 0.497 e. The number of aromatic nitrogens is 2. The van der Waals surface area contributed by atoms with E-state index in [1.165, 1.54) is 30.4 Å². The van der Waals surface area contributed by atoms with Crippen molar-refractivity contribution in [3.8, 4) is 17.2 Å². The van der Waals surface area contributed by atoms with Crippen molar-refractivity contribution < 1.29 is 28.5 Å². The molecule has 33 heavy (non-hydrogen) atoms. The topological polar surface area (TPSA) is 98.1 Å². The van der Waals surface area contributed by atoms with E-state index in [1.807, 2.05) is 24.3 Å². The molecule has 3 aromatic rings. The zero-order chi connectivity index (χ0) is 23.4. The summed E-state index contributed by atoms with van der Waals surface area (Å²) in [5.41, 5.74) is 1.79. The minimum Gasteiger partial charge on any atom is -0.497 e. The van der Waals surface area contributed by atoms with Gasteiger partial charge in [-0.05, 0) is 42.8 Å². The molecule has 0 radical (unpaired) electrons. The van der Waals surface area contributed by atoms with Crippen LogP contribution in [0.2, 0.25) is 0 Å². The van der Waals surface area contributed by atoms with E-state index in [0.717, 1.165) is 11.3 Å². The average Bonchev–Trinajstić information content (AvgIpc) is 3.37. The third-order valence-corrected chi connectivity index (χ3v) is 4.92. The molecule has 0 aliphatic carbocycles. The molecule has 9 nitrogen and oxygen atoms in total. The average molecular weight is 450 g/mol. The number of esters is 1. The Morgan fingerprint density at radius 2 is 1.76 bits per heavy atom. The molecule has 9 heteroatoms. The second kappa shape index (κ2) is 9.47. The van der Waals surface area contributed by atoms with Crippen molar-refractivity contribution in [3.63, 3.8) is 0 Å². The van der Waals surface area contributed by atoms with E-state index in [4.69, 9.17) is 23.7 Å². The van der Waals surface area contributed by atoms with Crippen LogP contribution >= 0.6 is 0 Å². The molecule has 170 valence electrons. The van der Waals surface area contributed by atoms with Gasteiger partial charge >= 0.3 is 11.5 Å². The Balaban J connectivity index is 1.67. The van der Waals surface area contributed by atoms with Crippen molar-refractivity contribution in [3.05, 3.63) is 93.8 Å². The van der Waals surface area contributed by atoms with Gasteiger partial charge in [0, 0.05) is 6.07 Å². The Labute approximate surface area is 189 Å². The van der Waals surface area contributed by atoms with Crippen LogP contribution in [-0.2, 0) is 20.8 Å². The van der Waals surface area contributed by atoms with Gasteiger partial charge in [-0.25, -0.2) is 9.48 Å². The number of carbonyl (C=O) groups excluding carboxylic acids is 1. The predicted molar refractivity (Wildman–Crippen MR) is 117 cm³/mol. The number of rotatable bonds is 7. The summed E-state index contributed by atoms with van der Waals surface area (Å²) in [4.78, 5) is 25.1. The molecule has 2 heterocycles. The van der Waals surface area contributed by atoms with Gasteiger partial charge in [0.2, 0.25) is 0 Å². The molecule has 0 atom stereocenters. The van der Waals surface area contributed by atoms with E-state index in [2.05, 4.69) is 5.10 Å². The predicted octanol–water partition coefficient (Wildman–Crippen LogP) is 3.70. The van der Waals surface area contributed by atoms with Gasteiger partial charge in [-0.1, -0.05) is 12.1 Å². The minimum absolute atomic E-state index is 0.0778. The number of methoxy groups -OCH3 is 2. The normalized spacial score (nSPS) is 12.7. The Morgan fingerprint density at radius 3 is 2.42 bits per heavy atom. The fourth-order valence-electron chi connectivity index (χ4n) is 3.30. The highest BCUT2D eigenvalue weighted by atomic mass is 16.7. The summed E-state index contributed by atoms with van der Waals surface area (Å²) in [6, 6.07) is 13.6. The standard InChI is InChI=1S/C24H22N2O7/c1-15-12-21(22(27)26(25-15)14-16-4-7-18(29-2)8-5-16)33-20-9-6-17(23(28)30-3)13-19(20)24-31-10-11-32-24/h4-13,24H,14H2,1-3H3. The Morgan fingerprint density at radius 1 is 1.03 bits per heavy atom. The van der Waals surface area contributed by atoms with Gasteiger partial charge in [0.1, 0.15) is 24.0 Å². The summed E-state index contributed by atoms with van der Waals surface area (Å²) < 4.78 is 28.1. The summed E-state index contributed by atoms with van der Waals surface area (Å²) >= 11 is 0. The lowest BCUT2D eigenvalue weighted by molar-refractivity contribution is -0.0259. The quantitative estimate of drug-likeness (QED) is 0.503. The van der Waals surface area contributed by atoms with Crippen LogP contribution < -0.4 is 15.0 Å². The third kappa shape index (κ3) is 4.82. The molecule has 1 aromatic heterocycles. The molecule has 0 fully saturated rings. The van der Waals surface area contributed by atoms with Crippen molar-refractivity contribution in [2.75, 3.05) is 14.2 Å². The lowest BCUT2D eigenvalue weighted by Gasteiger charge is -2.17. The third-order valence-electron chi connectivity index (χ3n) is 4.92. The van der Waals surface area contributed by atoms with E-state index < -0.39 is 17.8 Å². The molecule has 1 aliphatic rings. The van der Waals surface area contributed by atoms with E-state index in [-0.39, 0.29) is 12.3 Å². The maximum absolute atomic E-state index is 13.1. The van der Waals surface area contributed by atoms with Gasteiger partial charge in [0.05, 0.1) is 37.6 Å². The molecular formula is C24H22N2O7. The molecule has 1 aliphatic heterocycles. The molecule has 0 unspecified atom stereocenters. The molecule has 0 N–H and O–H groups in total. The molecule has 0 saturated heterocycles. The van der Waals surface area contributed by atoms with Gasteiger partial charge in [0.15, 0.2) is 5.75 Å². The van der Waals surface area contributed by atoms with Crippen LogP contribution in [0.4, 0.5) is 0 Å². The van der Waals surface area contributed by atoms with Crippen LogP contribution in [0.5, 0.6) is 17.2 Å². The molecule has 0 bridgehead atoms. The first-order valence-corrected chi connectivity index (χ1v) is 10.1. The first-order valence-electron chi connectivity index (χ1n) is 10.1. The highest BCUT2D eigenvalue weighted by Crippen LogP contribution is 2.34. The molecule has 0 spiro atoms. The molecule has 0 amide bonds. The number of carbonyl (C=O) groups is 1. The van der Waals surface area contributed by atoms with Gasteiger partial charge in [-0.3, -0.25) is 4.79 Å². The van der Waals surface area contributed by atoms with Crippen LogP contribution in [0.3, 0.4) is 0 Å². The van der Waals surface area contributed by atoms with Crippen LogP contribution in [0.15, 0.2) is 65.8 Å². The van der Waals surface area contributed by atoms with Crippen molar-refractivity contribution in [1.29, 1.82) is 0 Å². The molecule has 4 rings (SSSR count). The number of hydrogen-bond acceptors (Lipinski definition) is 8. The maximum atomic E-state index is 13.1. The van der Waals surface area contributed by atoms with Gasteiger partial charge < -0.3 is 23.7 Å². The van der Waals surface area contributed by atoms with Gasteiger partial charge in [0.25, 0.3) is 6.29 Å². The molecular weight excluding hydrogens is 428 g/mol. The lowest BCUT2D eigenvalue weighted by atomic mass is 10.1. The monoisotopic (exact) mass is 450 g/mol. The Hall–Kier alpha value is -4.27. The SMILES string of the molecule is COC(=O)c1ccc(Oc2cc(C)nn(Cc3ccc(OC)cc3)c2=O)c(C2OC=CO2)c1. The molecule has 0 saturated carbocycles. The second-order valence-electron chi connectivity index (χ2n) is 7.18. The summed E-state index contributed by atoms with van der Waals surface area (Å²) in [6.07, 6.45) is 1.95. The van der Waals surface area contributed by atoms with Crippen molar-refractivity contribution in [2.45, 2.75) is 19.8 Å². The summed E-state index contributed by atoms with van der Waals surface area (Å²) in [7, 11) is 2.89. The van der Waals surface area contributed by atoms with Gasteiger partial charge in [-0.15, -0.1) is 0 Å². The zero-order valence-corrected chi connectivity index (χ0v) is 18.3. The zero-order valence-electron chi connectivity index (χ0n) is 18.3. The van der Waals surface area contributed by atoms with E-state index >= 15 is 0 Å². The first kappa shape index (κ1) is 21.9. The minimum atomic E-state index is -0.825. The van der Waals surface area contributed by atoms with Crippen molar-refractivity contribution >= 4 is 5.97 Å². The fourth-order valence-corrected chi connectivity index (χ4v) is 3.30. The van der Waals surface area contributed by atoms with Crippen molar-refractivity contribution in [1.82, 2.24) is 9.78 Å². The first-order chi connectivity index (χ1) is 16.0. The van der Waals surface area contributed by atoms with Crippen LogP contribution in [0, 0.1) is 6.92 Å². The van der Waals surface area contributed by atoms with Crippen LogP contribution in [0.25, 0.3) is 0 Å². The lowest BCUT2D eigenvalue weighted by Crippen LogP contribution is -2.25. The van der Waals surface area contributed by atoms with E-state index in [9.17, 15) is 9.59 Å². The Bertz CT molecular complexity index is 1240. The number of nitrogens with zero attached hydrogens (tertiary/aromatic N) is 2. The Kier molecular flexibility index (Phi) is 6.30. The van der Waals surface area contributed by atoms with E-state index in [0.29, 0.717) is 22.6 Å². The van der Waals surface area contributed by atoms with Crippen LogP contribution in [-0.4, -0.2) is 30.0 Å². The number of ether oxygens (including phenoxy) is 5. The highest BCUT2D eigenvalue weighted by molar-refractivity contribution is 5.89. The number of aryl methyl sites for hydroxylation is 1.